The number of halogens is 2. The van der Waals surface area contributed by atoms with Crippen molar-refractivity contribution in [1.82, 2.24) is 9.78 Å². The van der Waals surface area contributed by atoms with Crippen LogP contribution in [0.2, 0.25) is 0 Å². The number of nitrogens with zero attached hydrogens (tertiary/aromatic N) is 3. The first-order chi connectivity index (χ1) is 9.08. The summed E-state index contributed by atoms with van der Waals surface area (Å²) >= 11 is 0. The molecule has 0 radical (unpaired) electrons. The first-order valence-corrected chi connectivity index (χ1v) is 5.33. The van der Waals surface area contributed by atoms with Crippen LogP contribution in [-0.4, -0.2) is 21.1 Å². The molecule has 2 rings (SSSR count). The van der Waals surface area contributed by atoms with E-state index in [0.717, 1.165) is 17.1 Å². The van der Waals surface area contributed by atoms with E-state index in [2.05, 4.69) is 5.10 Å². The number of hydrogen-bond acceptors (Lipinski definition) is 3. The van der Waals surface area contributed by atoms with Crippen LogP contribution in [0.1, 0.15) is 5.56 Å². The molecule has 1 aromatic carbocycles. The molecule has 0 saturated carbocycles. The van der Waals surface area contributed by atoms with Crippen molar-refractivity contribution in [2.24, 2.45) is 0 Å². The highest BCUT2D eigenvalue weighted by molar-refractivity contribution is 5.65. The third kappa shape index (κ3) is 3.01. The average Bonchev–Trinajstić information content (AvgIpc) is 2.86. The van der Waals surface area contributed by atoms with Crippen molar-refractivity contribution in [3.05, 3.63) is 64.5 Å². The summed E-state index contributed by atoms with van der Waals surface area (Å²) in [6, 6.07) is 8.37. The van der Waals surface area contributed by atoms with Gasteiger partial charge in [-0.2, -0.15) is 5.10 Å². The monoisotopic (exact) mass is 265 g/mol. The minimum absolute atomic E-state index is 0.101. The zero-order valence-electron chi connectivity index (χ0n) is 9.61. The molecule has 0 atom stereocenters. The van der Waals surface area contributed by atoms with Gasteiger partial charge in [-0.05, 0) is 0 Å². The molecule has 1 aromatic heterocycles. The molecule has 2 aromatic rings. The van der Waals surface area contributed by atoms with Crippen LogP contribution in [0.3, 0.4) is 0 Å². The van der Waals surface area contributed by atoms with Gasteiger partial charge in [-0.15, -0.1) is 0 Å². The standard InChI is InChI=1S/C12H9F2N3O2/c13-12(14)6-11(9-4-2-1-3-5-9)16-8-10(7-15-16)17(18)19/h1-8,12H/b11-6-. The maximum Gasteiger partial charge on any atom is 0.307 e. The van der Waals surface area contributed by atoms with Crippen LogP contribution < -0.4 is 0 Å². The summed E-state index contributed by atoms with van der Waals surface area (Å²) in [5, 5.41) is 14.3. The molecule has 0 amide bonds. The van der Waals surface area contributed by atoms with Gasteiger partial charge in [0.2, 0.25) is 0 Å². The molecule has 5 nitrogen and oxygen atoms in total. The lowest BCUT2D eigenvalue weighted by molar-refractivity contribution is -0.384. The Labute approximate surface area is 106 Å². The molecule has 0 bridgehead atoms. The number of allylic oxidation sites excluding steroid dienone is 1. The second kappa shape index (κ2) is 5.38. The summed E-state index contributed by atoms with van der Waals surface area (Å²) in [7, 11) is 0. The molecule has 0 fully saturated rings. The Bertz CT molecular complexity index is 608. The van der Waals surface area contributed by atoms with Crippen LogP contribution in [0.25, 0.3) is 5.70 Å². The third-order valence-electron chi connectivity index (χ3n) is 2.38. The Hall–Kier alpha value is -2.57. The third-order valence-corrected chi connectivity index (χ3v) is 2.38. The molecule has 0 spiro atoms. The Kier molecular flexibility index (Phi) is 3.65. The lowest BCUT2D eigenvalue weighted by atomic mass is 10.1. The van der Waals surface area contributed by atoms with E-state index in [9.17, 15) is 18.9 Å². The number of alkyl halides is 2. The van der Waals surface area contributed by atoms with Gasteiger partial charge in [-0.3, -0.25) is 10.1 Å². The van der Waals surface area contributed by atoms with Gasteiger partial charge in [-0.25, -0.2) is 13.5 Å². The molecule has 19 heavy (non-hydrogen) atoms. The number of benzene rings is 1. The zero-order chi connectivity index (χ0) is 13.8. The van der Waals surface area contributed by atoms with Gasteiger partial charge in [0.1, 0.15) is 12.4 Å². The highest BCUT2D eigenvalue weighted by Gasteiger charge is 2.14. The minimum Gasteiger partial charge on any atom is -0.258 e. The second-order valence-electron chi connectivity index (χ2n) is 3.65. The van der Waals surface area contributed by atoms with Crippen LogP contribution in [0, 0.1) is 10.1 Å². The SMILES string of the molecule is O=[N+]([O-])c1cnn(/C(=C\C(F)F)c2ccccc2)c1. The van der Waals surface area contributed by atoms with Crippen molar-refractivity contribution in [2.45, 2.75) is 6.43 Å². The first-order valence-electron chi connectivity index (χ1n) is 5.33. The van der Waals surface area contributed by atoms with Crippen molar-refractivity contribution in [2.75, 3.05) is 0 Å². The Morgan fingerprint density at radius 2 is 2.05 bits per heavy atom. The predicted octanol–water partition coefficient (Wildman–Crippen LogP) is 2.95. The Morgan fingerprint density at radius 3 is 2.58 bits per heavy atom. The van der Waals surface area contributed by atoms with Crippen LogP contribution in [0.5, 0.6) is 0 Å². The van der Waals surface area contributed by atoms with E-state index in [1.807, 2.05) is 0 Å². The molecule has 98 valence electrons. The fourth-order valence-electron chi connectivity index (χ4n) is 1.57. The summed E-state index contributed by atoms with van der Waals surface area (Å²) < 4.78 is 26.2. The van der Waals surface area contributed by atoms with E-state index in [1.165, 1.54) is 0 Å². The van der Waals surface area contributed by atoms with Gasteiger partial charge in [-0.1, -0.05) is 30.3 Å². The number of rotatable bonds is 4. The van der Waals surface area contributed by atoms with Gasteiger partial charge >= 0.3 is 5.69 Å². The molecule has 0 N–H and O–H groups in total. The normalized spacial score (nSPS) is 11.8. The van der Waals surface area contributed by atoms with E-state index < -0.39 is 11.3 Å². The average molecular weight is 265 g/mol. The Morgan fingerprint density at radius 1 is 1.37 bits per heavy atom. The molecule has 0 aliphatic rings. The van der Waals surface area contributed by atoms with Gasteiger partial charge in [0.25, 0.3) is 6.43 Å². The van der Waals surface area contributed by atoms with Gasteiger partial charge < -0.3 is 0 Å². The van der Waals surface area contributed by atoms with Crippen molar-refractivity contribution < 1.29 is 13.7 Å². The maximum atomic E-state index is 12.6. The summed E-state index contributed by atoms with van der Waals surface area (Å²) in [5.74, 6) is 0. The first kappa shape index (κ1) is 12.9. The van der Waals surface area contributed by atoms with Crippen molar-refractivity contribution in [3.63, 3.8) is 0 Å². The summed E-state index contributed by atoms with van der Waals surface area (Å²) in [4.78, 5) is 9.95. The lowest BCUT2D eigenvalue weighted by Crippen LogP contribution is -2.02. The molecule has 0 saturated heterocycles. The van der Waals surface area contributed by atoms with E-state index in [0.29, 0.717) is 11.6 Å². The Balaban J connectivity index is 2.47. The fraction of sp³-hybridized carbons (Fsp3) is 0.0833. The van der Waals surface area contributed by atoms with Crippen LogP contribution >= 0.6 is 0 Å². The summed E-state index contributed by atoms with van der Waals surface area (Å²) in [5.41, 5.74) is 0.348. The number of hydrogen-bond donors (Lipinski definition) is 0. The van der Waals surface area contributed by atoms with Gasteiger partial charge in [0.05, 0.1) is 10.6 Å². The van der Waals surface area contributed by atoms with E-state index in [1.54, 1.807) is 30.3 Å². The highest BCUT2D eigenvalue weighted by atomic mass is 19.3. The smallest absolute Gasteiger partial charge is 0.258 e. The molecular weight excluding hydrogens is 256 g/mol. The van der Waals surface area contributed by atoms with Gasteiger partial charge in [0, 0.05) is 11.6 Å². The maximum absolute atomic E-state index is 12.6. The summed E-state index contributed by atoms with van der Waals surface area (Å²) in [6.07, 6.45) is 0.133. The summed E-state index contributed by atoms with van der Waals surface area (Å²) in [6.45, 7) is 0. The predicted molar refractivity (Wildman–Crippen MR) is 64.7 cm³/mol. The molecule has 7 heteroatoms. The molecule has 0 unspecified atom stereocenters. The quantitative estimate of drug-likeness (QED) is 0.630. The van der Waals surface area contributed by atoms with Crippen molar-refractivity contribution in [3.8, 4) is 0 Å². The largest absolute Gasteiger partial charge is 0.307 e. The fourth-order valence-corrected chi connectivity index (χ4v) is 1.57. The molecular formula is C12H9F2N3O2. The number of nitro groups is 1. The second-order valence-corrected chi connectivity index (χ2v) is 3.65. The van der Waals surface area contributed by atoms with Crippen LogP contribution in [-0.2, 0) is 0 Å². The molecule has 0 aliphatic carbocycles. The van der Waals surface area contributed by atoms with Crippen LogP contribution in [0.15, 0.2) is 48.8 Å². The van der Waals surface area contributed by atoms with Crippen LogP contribution in [0.4, 0.5) is 14.5 Å². The lowest BCUT2D eigenvalue weighted by Gasteiger charge is -2.07. The van der Waals surface area contributed by atoms with E-state index in [-0.39, 0.29) is 11.4 Å². The number of aromatic nitrogens is 2. The topological polar surface area (TPSA) is 61.0 Å². The minimum atomic E-state index is -2.68. The molecule has 1 heterocycles. The zero-order valence-corrected chi connectivity index (χ0v) is 9.61. The van der Waals surface area contributed by atoms with Crippen molar-refractivity contribution >= 4 is 11.4 Å². The van der Waals surface area contributed by atoms with Gasteiger partial charge in [0.15, 0.2) is 0 Å². The van der Waals surface area contributed by atoms with Crippen molar-refractivity contribution in [1.29, 1.82) is 0 Å². The highest BCUT2D eigenvalue weighted by Crippen LogP contribution is 2.20. The van der Waals surface area contributed by atoms with E-state index in [4.69, 9.17) is 0 Å². The molecule has 0 aliphatic heterocycles. The van der Waals surface area contributed by atoms with E-state index >= 15 is 0 Å².